The second-order valence-electron chi connectivity index (χ2n) is 5.91. The molecule has 5 nitrogen and oxygen atoms in total. The van der Waals surface area contributed by atoms with Crippen molar-refractivity contribution in [2.24, 2.45) is 0 Å². The molecule has 1 aliphatic carbocycles. The second kappa shape index (κ2) is 5.35. The summed E-state index contributed by atoms with van der Waals surface area (Å²) in [4.78, 5) is 19.3. The number of imidazole rings is 1. The number of rotatable bonds is 6. The van der Waals surface area contributed by atoms with Gasteiger partial charge in [-0.15, -0.1) is 0 Å². The van der Waals surface area contributed by atoms with Gasteiger partial charge in [0.1, 0.15) is 5.54 Å². The van der Waals surface area contributed by atoms with E-state index < -0.39 is 11.5 Å². The molecule has 1 aromatic carbocycles. The number of benzene rings is 1. The Morgan fingerprint density at radius 1 is 1.57 bits per heavy atom. The molecule has 0 aliphatic heterocycles. The van der Waals surface area contributed by atoms with Gasteiger partial charge in [-0.3, -0.25) is 10.1 Å². The molecule has 0 saturated heterocycles. The maximum atomic E-state index is 11.5. The predicted molar refractivity (Wildman–Crippen MR) is 83.8 cm³/mol. The Morgan fingerprint density at radius 2 is 2.33 bits per heavy atom. The van der Waals surface area contributed by atoms with Gasteiger partial charge in [-0.2, -0.15) is 0 Å². The summed E-state index contributed by atoms with van der Waals surface area (Å²) < 4.78 is 0. The molecule has 6 heteroatoms. The minimum absolute atomic E-state index is 0.352. The molecule has 1 heterocycles. The first kappa shape index (κ1) is 14.4. The Bertz CT molecular complexity index is 681. The van der Waals surface area contributed by atoms with Gasteiger partial charge >= 0.3 is 5.97 Å². The number of aliphatic carboxylic acids is 1. The van der Waals surface area contributed by atoms with Gasteiger partial charge in [0.2, 0.25) is 0 Å². The third-order valence-electron chi connectivity index (χ3n) is 3.69. The Hall–Kier alpha value is -1.53. The van der Waals surface area contributed by atoms with Crippen molar-refractivity contribution in [1.82, 2.24) is 15.3 Å². The van der Waals surface area contributed by atoms with Crippen molar-refractivity contribution in [3.8, 4) is 0 Å². The van der Waals surface area contributed by atoms with Crippen molar-refractivity contribution in [2.45, 2.75) is 43.4 Å². The third kappa shape index (κ3) is 3.22. The van der Waals surface area contributed by atoms with E-state index in [9.17, 15) is 9.90 Å². The summed E-state index contributed by atoms with van der Waals surface area (Å²) in [6.45, 7) is 3.78. The maximum Gasteiger partial charge on any atom is 0.324 e. The summed E-state index contributed by atoms with van der Waals surface area (Å²) in [5.41, 5.74) is 2.16. The van der Waals surface area contributed by atoms with E-state index in [0.717, 1.165) is 29.0 Å². The topological polar surface area (TPSA) is 78.0 Å². The van der Waals surface area contributed by atoms with E-state index in [1.54, 1.807) is 6.92 Å². The number of fused-ring (bicyclic) bond motifs is 1. The van der Waals surface area contributed by atoms with E-state index in [1.807, 2.05) is 25.1 Å². The molecular weight excluding hydrogens is 286 g/mol. The number of H-pyrrole nitrogens is 1. The molecule has 112 valence electrons. The number of nitrogens with one attached hydrogen (secondary N) is 2. The molecule has 2 aromatic rings. The quantitative estimate of drug-likeness (QED) is 0.715. The summed E-state index contributed by atoms with van der Waals surface area (Å²) in [5.74, 6) is -0.369. The predicted octanol–water partition coefficient (Wildman–Crippen LogP) is 2.56. The van der Waals surface area contributed by atoms with Crippen LogP contribution in [0.3, 0.4) is 0 Å². The number of carbonyl (C=O) groups is 1. The van der Waals surface area contributed by atoms with E-state index in [0.29, 0.717) is 11.8 Å². The lowest BCUT2D eigenvalue weighted by molar-refractivity contribution is -0.143. The summed E-state index contributed by atoms with van der Waals surface area (Å²) in [6.07, 6.45) is 2.13. The lowest BCUT2D eigenvalue weighted by Gasteiger charge is -2.25. The first-order valence-electron chi connectivity index (χ1n) is 7.06. The molecule has 0 bridgehead atoms. The number of aryl methyl sites for hydroxylation is 1. The Kier molecular flexibility index (Phi) is 3.67. The number of thioether (sulfide) groups is 1. The van der Waals surface area contributed by atoms with Crippen molar-refractivity contribution in [1.29, 1.82) is 0 Å². The Labute approximate surface area is 127 Å². The van der Waals surface area contributed by atoms with Crippen LogP contribution in [0.4, 0.5) is 0 Å². The van der Waals surface area contributed by atoms with Crippen molar-refractivity contribution in [3.63, 3.8) is 0 Å². The van der Waals surface area contributed by atoms with Gasteiger partial charge in [-0.1, -0.05) is 17.8 Å². The SMILES string of the molecule is Cc1ccc2nc(SCC(C)(NC3CC3)C(=O)O)[nH]c2c1. The zero-order valence-electron chi connectivity index (χ0n) is 12.1. The number of hydrogen-bond acceptors (Lipinski definition) is 4. The van der Waals surface area contributed by atoms with Crippen LogP contribution >= 0.6 is 11.8 Å². The lowest BCUT2D eigenvalue weighted by Crippen LogP contribution is -2.52. The molecule has 1 saturated carbocycles. The maximum absolute atomic E-state index is 11.5. The minimum atomic E-state index is -0.916. The highest BCUT2D eigenvalue weighted by Crippen LogP contribution is 2.27. The van der Waals surface area contributed by atoms with E-state index in [-0.39, 0.29) is 0 Å². The van der Waals surface area contributed by atoms with Crippen LogP contribution in [0.25, 0.3) is 11.0 Å². The average molecular weight is 305 g/mol. The molecular formula is C15H19N3O2S. The van der Waals surface area contributed by atoms with Gasteiger partial charge in [0.25, 0.3) is 0 Å². The first-order valence-corrected chi connectivity index (χ1v) is 8.05. The van der Waals surface area contributed by atoms with Crippen molar-refractivity contribution >= 4 is 28.8 Å². The van der Waals surface area contributed by atoms with E-state index in [4.69, 9.17) is 0 Å². The fraction of sp³-hybridized carbons (Fsp3) is 0.467. The van der Waals surface area contributed by atoms with Gasteiger partial charge in [-0.05, 0) is 44.4 Å². The van der Waals surface area contributed by atoms with Gasteiger partial charge < -0.3 is 10.1 Å². The molecule has 0 spiro atoms. The third-order valence-corrected chi connectivity index (χ3v) is 4.87. The molecule has 1 atom stereocenters. The van der Waals surface area contributed by atoms with Gasteiger partial charge in [-0.25, -0.2) is 4.98 Å². The number of nitrogens with zero attached hydrogens (tertiary/aromatic N) is 1. The van der Waals surface area contributed by atoms with Crippen LogP contribution in [-0.2, 0) is 4.79 Å². The zero-order chi connectivity index (χ0) is 15.0. The van der Waals surface area contributed by atoms with Crippen LogP contribution < -0.4 is 5.32 Å². The summed E-state index contributed by atoms with van der Waals surface area (Å²) in [5, 5.41) is 13.4. The van der Waals surface area contributed by atoms with E-state index in [2.05, 4.69) is 15.3 Å². The average Bonchev–Trinajstić information content (AvgIpc) is 3.13. The molecule has 1 aliphatic rings. The molecule has 0 radical (unpaired) electrons. The smallest absolute Gasteiger partial charge is 0.324 e. The van der Waals surface area contributed by atoms with Crippen LogP contribution in [0, 0.1) is 6.92 Å². The van der Waals surface area contributed by atoms with Crippen LogP contribution in [0.2, 0.25) is 0 Å². The number of carboxylic acids is 1. The number of hydrogen-bond donors (Lipinski definition) is 3. The standard InChI is InChI=1S/C15H19N3O2S/c1-9-3-6-11-12(7-9)17-14(16-11)21-8-15(2,13(19)20)18-10-4-5-10/h3,6-7,10,18H,4-5,8H2,1-2H3,(H,16,17)(H,19,20). The molecule has 3 N–H and O–H groups in total. The van der Waals surface area contributed by atoms with Gasteiger partial charge in [0.05, 0.1) is 11.0 Å². The summed E-state index contributed by atoms with van der Waals surface area (Å²) >= 11 is 1.45. The van der Waals surface area contributed by atoms with E-state index >= 15 is 0 Å². The van der Waals surface area contributed by atoms with Crippen LogP contribution in [-0.4, -0.2) is 38.4 Å². The van der Waals surface area contributed by atoms with E-state index in [1.165, 1.54) is 17.3 Å². The second-order valence-corrected chi connectivity index (χ2v) is 6.87. The molecule has 1 aromatic heterocycles. The lowest BCUT2D eigenvalue weighted by atomic mass is 10.1. The highest BCUT2D eigenvalue weighted by molar-refractivity contribution is 7.99. The molecule has 21 heavy (non-hydrogen) atoms. The summed E-state index contributed by atoms with van der Waals surface area (Å²) in [6, 6.07) is 6.40. The Morgan fingerprint density at radius 3 is 3.00 bits per heavy atom. The van der Waals surface area contributed by atoms with Crippen molar-refractivity contribution in [3.05, 3.63) is 23.8 Å². The molecule has 0 amide bonds. The van der Waals surface area contributed by atoms with Crippen LogP contribution in [0.1, 0.15) is 25.3 Å². The van der Waals surface area contributed by atoms with Gasteiger partial charge in [0.15, 0.2) is 5.16 Å². The highest BCUT2D eigenvalue weighted by Gasteiger charge is 2.38. The fourth-order valence-corrected chi connectivity index (χ4v) is 3.20. The van der Waals surface area contributed by atoms with Crippen molar-refractivity contribution < 1.29 is 9.90 Å². The molecule has 3 rings (SSSR count). The molecule has 1 fully saturated rings. The fourth-order valence-electron chi connectivity index (χ4n) is 2.22. The van der Waals surface area contributed by atoms with Crippen LogP contribution in [0.5, 0.6) is 0 Å². The van der Waals surface area contributed by atoms with Crippen molar-refractivity contribution in [2.75, 3.05) is 5.75 Å². The number of aromatic nitrogens is 2. The minimum Gasteiger partial charge on any atom is -0.480 e. The normalized spacial score (nSPS) is 17.8. The molecule has 1 unspecified atom stereocenters. The Balaban J connectivity index is 1.73. The largest absolute Gasteiger partial charge is 0.480 e. The number of carboxylic acid groups (broad SMARTS) is 1. The van der Waals surface area contributed by atoms with Gasteiger partial charge in [0, 0.05) is 11.8 Å². The summed E-state index contributed by atoms with van der Waals surface area (Å²) in [7, 11) is 0. The monoisotopic (exact) mass is 305 g/mol. The first-order chi connectivity index (χ1) is 9.96. The highest BCUT2D eigenvalue weighted by atomic mass is 32.2. The number of aromatic amines is 1. The zero-order valence-corrected chi connectivity index (χ0v) is 13.0. The van der Waals surface area contributed by atoms with Crippen LogP contribution in [0.15, 0.2) is 23.4 Å².